The van der Waals surface area contributed by atoms with Gasteiger partial charge in [-0.15, -0.1) is 0 Å². The van der Waals surface area contributed by atoms with E-state index < -0.39 is 0 Å². The molecule has 1 fully saturated rings. The van der Waals surface area contributed by atoms with Crippen LogP contribution in [0.3, 0.4) is 0 Å². The van der Waals surface area contributed by atoms with Crippen molar-refractivity contribution in [3.05, 3.63) is 29.8 Å². The van der Waals surface area contributed by atoms with E-state index in [2.05, 4.69) is 22.0 Å². The minimum Gasteiger partial charge on any atom is -0.382 e. The summed E-state index contributed by atoms with van der Waals surface area (Å²) < 4.78 is 0. The third-order valence-electron chi connectivity index (χ3n) is 4.10. The second kappa shape index (κ2) is 5.15. The third kappa shape index (κ3) is 2.48. The second-order valence-corrected chi connectivity index (χ2v) is 5.61. The van der Waals surface area contributed by atoms with Crippen LogP contribution in [-0.4, -0.2) is 30.4 Å². The van der Waals surface area contributed by atoms with Gasteiger partial charge < -0.3 is 16.0 Å². The first-order valence-electron chi connectivity index (χ1n) is 7.05. The maximum atomic E-state index is 12.4. The lowest BCUT2D eigenvalue weighted by Gasteiger charge is -2.32. The van der Waals surface area contributed by atoms with Crippen molar-refractivity contribution < 1.29 is 9.59 Å². The van der Waals surface area contributed by atoms with E-state index >= 15 is 0 Å². The number of anilines is 1. The lowest BCUT2D eigenvalue weighted by atomic mass is 9.87. The van der Waals surface area contributed by atoms with E-state index in [1.54, 1.807) is 0 Å². The van der Waals surface area contributed by atoms with Crippen LogP contribution in [0.1, 0.15) is 18.9 Å². The number of nitrogens with one attached hydrogen (secondary N) is 3. The highest BCUT2D eigenvalue weighted by molar-refractivity contribution is 5.84. The lowest BCUT2D eigenvalue weighted by molar-refractivity contribution is -0.126. The standard InChI is InChI=1S/C15H19N3O2/c1-9-12(6-10-4-2-3-5-13(10)17-9)15(20)18-11-7-14(19)16-8-11/h2-5,9,11-12,17H,6-8H2,1H3,(H,16,19)(H,18,20). The molecular formula is C15H19N3O2. The average molecular weight is 273 g/mol. The largest absolute Gasteiger partial charge is 0.382 e. The van der Waals surface area contributed by atoms with Gasteiger partial charge in [-0.1, -0.05) is 18.2 Å². The molecule has 0 saturated carbocycles. The smallest absolute Gasteiger partial charge is 0.225 e. The van der Waals surface area contributed by atoms with Crippen molar-refractivity contribution in [2.24, 2.45) is 5.92 Å². The van der Waals surface area contributed by atoms with E-state index in [1.165, 1.54) is 5.56 Å². The van der Waals surface area contributed by atoms with Crippen LogP contribution in [0.4, 0.5) is 5.69 Å². The predicted octanol–water partition coefficient (Wildman–Crippen LogP) is 0.664. The van der Waals surface area contributed by atoms with Gasteiger partial charge in [0, 0.05) is 24.7 Å². The summed E-state index contributed by atoms with van der Waals surface area (Å²) in [5.41, 5.74) is 2.29. The van der Waals surface area contributed by atoms with Gasteiger partial charge in [0.2, 0.25) is 11.8 Å². The summed E-state index contributed by atoms with van der Waals surface area (Å²) in [6.07, 6.45) is 1.13. The molecule has 1 aromatic carbocycles. The van der Waals surface area contributed by atoms with Crippen molar-refractivity contribution in [3.8, 4) is 0 Å². The average Bonchev–Trinajstić information content (AvgIpc) is 2.83. The molecular weight excluding hydrogens is 254 g/mol. The van der Waals surface area contributed by atoms with Crippen LogP contribution in [0.5, 0.6) is 0 Å². The van der Waals surface area contributed by atoms with Gasteiger partial charge in [-0.3, -0.25) is 9.59 Å². The zero-order chi connectivity index (χ0) is 14.1. The van der Waals surface area contributed by atoms with Crippen molar-refractivity contribution in [1.29, 1.82) is 0 Å². The Kier molecular flexibility index (Phi) is 3.34. The molecule has 0 spiro atoms. The minimum atomic E-state index is -0.0967. The van der Waals surface area contributed by atoms with Crippen molar-refractivity contribution >= 4 is 17.5 Å². The number of hydrogen-bond acceptors (Lipinski definition) is 3. The quantitative estimate of drug-likeness (QED) is 0.741. The van der Waals surface area contributed by atoms with Crippen LogP contribution in [0, 0.1) is 5.92 Å². The summed E-state index contributed by atoms with van der Waals surface area (Å²) in [7, 11) is 0. The number of carbonyl (C=O) groups is 2. The van der Waals surface area contributed by atoms with Crippen LogP contribution in [-0.2, 0) is 16.0 Å². The van der Waals surface area contributed by atoms with Crippen LogP contribution in [0.25, 0.3) is 0 Å². The molecule has 0 aromatic heterocycles. The van der Waals surface area contributed by atoms with E-state index in [4.69, 9.17) is 0 Å². The van der Waals surface area contributed by atoms with Gasteiger partial charge in [-0.2, -0.15) is 0 Å². The fourth-order valence-electron chi connectivity index (χ4n) is 2.93. The highest BCUT2D eigenvalue weighted by Gasteiger charge is 2.32. The molecule has 0 bridgehead atoms. The van der Waals surface area contributed by atoms with Crippen molar-refractivity contribution in [1.82, 2.24) is 10.6 Å². The fourth-order valence-corrected chi connectivity index (χ4v) is 2.93. The number of para-hydroxylation sites is 1. The summed E-state index contributed by atoms with van der Waals surface area (Å²) in [6.45, 7) is 2.56. The Labute approximate surface area is 118 Å². The first-order chi connectivity index (χ1) is 9.63. The van der Waals surface area contributed by atoms with E-state index in [-0.39, 0.29) is 29.8 Å². The van der Waals surface area contributed by atoms with E-state index in [1.807, 2.05) is 25.1 Å². The molecule has 3 unspecified atom stereocenters. The van der Waals surface area contributed by atoms with Crippen molar-refractivity contribution in [2.75, 3.05) is 11.9 Å². The maximum Gasteiger partial charge on any atom is 0.225 e. The molecule has 1 aromatic rings. The van der Waals surface area contributed by atoms with Gasteiger partial charge >= 0.3 is 0 Å². The Morgan fingerprint density at radius 2 is 2.10 bits per heavy atom. The number of hydrogen-bond donors (Lipinski definition) is 3. The lowest BCUT2D eigenvalue weighted by Crippen LogP contribution is -2.47. The Hall–Kier alpha value is -2.04. The molecule has 2 heterocycles. The molecule has 20 heavy (non-hydrogen) atoms. The second-order valence-electron chi connectivity index (χ2n) is 5.61. The summed E-state index contributed by atoms with van der Waals surface area (Å²) >= 11 is 0. The van der Waals surface area contributed by atoms with Gasteiger partial charge in [0.25, 0.3) is 0 Å². The molecule has 2 aliphatic rings. The number of fused-ring (bicyclic) bond motifs is 1. The molecule has 5 heteroatoms. The Bertz CT molecular complexity index is 544. The van der Waals surface area contributed by atoms with Crippen LogP contribution in [0.15, 0.2) is 24.3 Å². The molecule has 0 aliphatic carbocycles. The van der Waals surface area contributed by atoms with Gasteiger partial charge in [0.1, 0.15) is 0 Å². The van der Waals surface area contributed by atoms with Crippen molar-refractivity contribution in [2.45, 2.75) is 31.8 Å². The zero-order valence-electron chi connectivity index (χ0n) is 11.5. The Balaban J connectivity index is 1.68. The fraction of sp³-hybridized carbons (Fsp3) is 0.467. The molecule has 2 amide bonds. The molecule has 3 rings (SSSR count). The molecule has 5 nitrogen and oxygen atoms in total. The summed E-state index contributed by atoms with van der Waals surface area (Å²) in [5, 5.41) is 9.09. The first kappa shape index (κ1) is 13.0. The summed E-state index contributed by atoms with van der Waals surface area (Å²) in [6, 6.07) is 8.10. The monoisotopic (exact) mass is 273 g/mol. The maximum absolute atomic E-state index is 12.4. The van der Waals surface area contributed by atoms with Crippen LogP contribution in [0.2, 0.25) is 0 Å². The van der Waals surface area contributed by atoms with Gasteiger partial charge in [0.15, 0.2) is 0 Å². The van der Waals surface area contributed by atoms with Crippen LogP contribution >= 0.6 is 0 Å². The van der Waals surface area contributed by atoms with Crippen LogP contribution < -0.4 is 16.0 Å². The topological polar surface area (TPSA) is 70.2 Å². The number of amides is 2. The van der Waals surface area contributed by atoms with Gasteiger partial charge in [-0.05, 0) is 25.0 Å². The Morgan fingerprint density at radius 3 is 2.85 bits per heavy atom. The number of carbonyl (C=O) groups excluding carboxylic acids is 2. The Morgan fingerprint density at radius 1 is 1.30 bits per heavy atom. The summed E-state index contributed by atoms with van der Waals surface area (Å²) in [5.74, 6) is -0.0583. The SMILES string of the molecule is CC1Nc2ccccc2CC1C(=O)NC1CNC(=O)C1. The zero-order valence-corrected chi connectivity index (χ0v) is 11.5. The summed E-state index contributed by atoms with van der Waals surface area (Å²) in [4.78, 5) is 23.6. The molecule has 2 aliphatic heterocycles. The molecule has 1 saturated heterocycles. The van der Waals surface area contributed by atoms with E-state index in [9.17, 15) is 9.59 Å². The predicted molar refractivity (Wildman–Crippen MR) is 76.3 cm³/mol. The molecule has 3 N–H and O–H groups in total. The number of rotatable bonds is 2. The first-order valence-corrected chi connectivity index (χ1v) is 7.05. The minimum absolute atomic E-state index is 0.00969. The molecule has 3 atom stereocenters. The molecule has 106 valence electrons. The van der Waals surface area contributed by atoms with Gasteiger partial charge in [0.05, 0.1) is 12.0 Å². The van der Waals surface area contributed by atoms with E-state index in [0.29, 0.717) is 13.0 Å². The third-order valence-corrected chi connectivity index (χ3v) is 4.10. The highest BCUT2D eigenvalue weighted by atomic mass is 16.2. The van der Waals surface area contributed by atoms with E-state index in [0.717, 1.165) is 12.1 Å². The highest BCUT2D eigenvalue weighted by Crippen LogP contribution is 2.28. The van der Waals surface area contributed by atoms with Gasteiger partial charge in [-0.25, -0.2) is 0 Å². The van der Waals surface area contributed by atoms with Crippen molar-refractivity contribution in [3.63, 3.8) is 0 Å². The normalized spacial score (nSPS) is 28.2. The number of benzene rings is 1. The molecule has 0 radical (unpaired) electrons.